The summed E-state index contributed by atoms with van der Waals surface area (Å²) >= 11 is 0. The molecule has 0 saturated carbocycles. The molecule has 0 spiro atoms. The van der Waals surface area contributed by atoms with Crippen LogP contribution >= 0.6 is 0 Å². The molecule has 0 radical (unpaired) electrons. The lowest BCUT2D eigenvalue weighted by Crippen LogP contribution is -2.44. The fourth-order valence-electron chi connectivity index (χ4n) is 4.07. The highest BCUT2D eigenvalue weighted by atomic mass is 19.4. The zero-order chi connectivity index (χ0) is 22.2. The number of nitrogens with zero attached hydrogens (tertiary/aromatic N) is 4. The van der Waals surface area contributed by atoms with Gasteiger partial charge in [-0.05, 0) is 24.6 Å². The first-order chi connectivity index (χ1) is 13.9. The lowest BCUT2D eigenvalue weighted by molar-refractivity contribution is -0.187. The van der Waals surface area contributed by atoms with Crippen LogP contribution in [-0.4, -0.2) is 37.8 Å². The molecular weight excluding hydrogens is 422 g/mol. The van der Waals surface area contributed by atoms with Gasteiger partial charge in [-0.1, -0.05) is 0 Å². The van der Waals surface area contributed by atoms with Crippen LogP contribution in [0.5, 0.6) is 5.88 Å². The number of likely N-dealkylation sites (tertiary alicyclic amines) is 1. The van der Waals surface area contributed by atoms with Crippen molar-refractivity contribution in [2.75, 3.05) is 6.54 Å². The van der Waals surface area contributed by atoms with Crippen LogP contribution in [0, 0.1) is 11.3 Å². The highest BCUT2D eigenvalue weighted by molar-refractivity contribution is 5.83. The number of carbonyl (C=O) groups is 1. The minimum Gasteiger partial charge on any atom is -0.493 e. The number of aromatic hydroxyl groups is 1. The Kier molecular flexibility index (Phi) is 4.00. The number of halogens is 6. The quantitative estimate of drug-likeness (QED) is 0.702. The molecule has 13 heteroatoms. The van der Waals surface area contributed by atoms with E-state index in [0.29, 0.717) is 15.5 Å². The predicted octanol–water partition coefficient (Wildman–Crippen LogP) is 2.63. The molecule has 1 fully saturated rings. The first kappa shape index (κ1) is 19.9. The molecule has 2 aliphatic rings. The van der Waals surface area contributed by atoms with Crippen molar-refractivity contribution < 1.29 is 36.2 Å². The summed E-state index contributed by atoms with van der Waals surface area (Å²) in [6.07, 6.45) is -10.1. The Morgan fingerprint density at radius 1 is 1.20 bits per heavy atom. The van der Waals surface area contributed by atoms with E-state index in [-0.39, 0.29) is 12.1 Å². The Hall–Kier alpha value is -3.43. The maximum Gasteiger partial charge on any atom is 0.471 e. The number of benzene rings is 1. The topological polar surface area (TPSA) is 91.3 Å². The molecule has 2 atom stereocenters. The van der Waals surface area contributed by atoms with Crippen LogP contribution in [0.3, 0.4) is 0 Å². The van der Waals surface area contributed by atoms with E-state index >= 15 is 0 Å². The molecule has 4 rings (SSSR count). The average molecular weight is 432 g/mol. The Labute approximate surface area is 163 Å². The number of alkyl halides is 6. The van der Waals surface area contributed by atoms with Crippen molar-refractivity contribution in [3.63, 3.8) is 0 Å². The smallest absolute Gasteiger partial charge is 0.471 e. The van der Waals surface area contributed by atoms with Gasteiger partial charge in [0, 0.05) is 6.54 Å². The van der Waals surface area contributed by atoms with Gasteiger partial charge in [-0.2, -0.15) is 31.6 Å². The zero-order valence-corrected chi connectivity index (χ0v) is 14.6. The lowest BCUT2D eigenvalue weighted by Gasteiger charge is -2.28. The molecule has 1 unspecified atom stereocenters. The first-order valence-electron chi connectivity index (χ1n) is 8.42. The van der Waals surface area contributed by atoms with Crippen molar-refractivity contribution in [3.8, 4) is 17.6 Å². The van der Waals surface area contributed by atoms with Crippen molar-refractivity contribution >= 4 is 5.91 Å². The number of imidazole rings is 1. The highest BCUT2D eigenvalue weighted by Gasteiger charge is 2.54. The van der Waals surface area contributed by atoms with Gasteiger partial charge in [-0.15, -0.1) is 0 Å². The molecular formula is C17H10F6N4O3. The summed E-state index contributed by atoms with van der Waals surface area (Å²) in [7, 11) is 0. The van der Waals surface area contributed by atoms with Crippen LogP contribution < -0.4 is 5.69 Å². The molecule has 2 bridgehead atoms. The summed E-state index contributed by atoms with van der Waals surface area (Å²) in [4.78, 5) is 24.9. The Morgan fingerprint density at radius 2 is 1.87 bits per heavy atom. The van der Waals surface area contributed by atoms with Crippen molar-refractivity contribution in [1.82, 2.24) is 14.0 Å². The molecule has 3 heterocycles. The lowest BCUT2D eigenvalue weighted by atomic mass is 10.1. The number of aromatic nitrogens is 2. The standard InChI is InChI=1S/C17H10F6N4O3/c18-16(19,20)10-3-8(2-1-7(10)5-24)27-13(28)12-11-4-9(26(12)15(27)30)6-25(11)14(29)17(21,22)23/h1-3,9,11,28H,4,6H2/t9-,11?/m1/s1. The number of amides is 1. The van der Waals surface area contributed by atoms with Gasteiger partial charge in [-0.3, -0.25) is 9.36 Å². The second-order valence-corrected chi connectivity index (χ2v) is 6.90. The minimum absolute atomic E-state index is 0.0258. The summed E-state index contributed by atoms with van der Waals surface area (Å²) in [5.41, 5.74) is -3.68. The van der Waals surface area contributed by atoms with Crippen molar-refractivity contribution in [2.45, 2.75) is 30.9 Å². The van der Waals surface area contributed by atoms with E-state index in [1.54, 1.807) is 0 Å². The van der Waals surface area contributed by atoms with E-state index in [2.05, 4.69) is 0 Å². The fraction of sp³-hybridized carbons (Fsp3) is 0.353. The number of hydrogen-bond acceptors (Lipinski definition) is 4. The van der Waals surface area contributed by atoms with E-state index in [4.69, 9.17) is 5.26 Å². The van der Waals surface area contributed by atoms with E-state index in [1.807, 2.05) is 0 Å². The normalized spacial score (nSPS) is 20.4. The maximum absolute atomic E-state index is 13.2. The Bertz CT molecular complexity index is 1170. The summed E-state index contributed by atoms with van der Waals surface area (Å²) in [6, 6.07) is 1.61. The predicted molar refractivity (Wildman–Crippen MR) is 85.6 cm³/mol. The molecule has 158 valence electrons. The highest BCUT2D eigenvalue weighted by Crippen LogP contribution is 2.49. The molecule has 2 aliphatic heterocycles. The SMILES string of the molecule is N#Cc1ccc(-n2c(O)c3n(c2=O)[C@@H]2CC3N(C(=O)C(F)(F)F)C2)cc1C(F)(F)F. The van der Waals surface area contributed by atoms with Gasteiger partial charge in [0.2, 0.25) is 5.88 Å². The van der Waals surface area contributed by atoms with Gasteiger partial charge < -0.3 is 10.0 Å². The average Bonchev–Trinajstić information content (AvgIpc) is 3.30. The van der Waals surface area contributed by atoms with Gasteiger partial charge in [-0.25, -0.2) is 9.36 Å². The van der Waals surface area contributed by atoms with Crippen LogP contribution in [-0.2, 0) is 11.0 Å². The van der Waals surface area contributed by atoms with E-state index in [0.717, 1.165) is 16.7 Å². The largest absolute Gasteiger partial charge is 0.493 e. The van der Waals surface area contributed by atoms with Crippen LogP contribution in [0.25, 0.3) is 5.69 Å². The van der Waals surface area contributed by atoms with Crippen LogP contribution in [0.1, 0.15) is 35.3 Å². The third-order valence-corrected chi connectivity index (χ3v) is 5.25. The second-order valence-electron chi connectivity index (χ2n) is 6.90. The zero-order valence-electron chi connectivity index (χ0n) is 14.6. The number of nitriles is 1. The van der Waals surface area contributed by atoms with Crippen LogP contribution in [0.4, 0.5) is 26.3 Å². The summed E-state index contributed by atoms with van der Waals surface area (Å²) in [6.45, 7) is -0.416. The van der Waals surface area contributed by atoms with E-state index < -0.39 is 65.3 Å². The van der Waals surface area contributed by atoms with Crippen molar-refractivity contribution in [1.29, 1.82) is 5.26 Å². The number of hydrogen-bond donors (Lipinski definition) is 1. The third kappa shape index (κ3) is 2.66. The number of carbonyl (C=O) groups excluding carboxylic acids is 1. The molecule has 2 aromatic rings. The van der Waals surface area contributed by atoms with Gasteiger partial charge >= 0.3 is 23.9 Å². The van der Waals surface area contributed by atoms with Gasteiger partial charge in [0.25, 0.3) is 0 Å². The molecule has 1 aromatic heterocycles. The van der Waals surface area contributed by atoms with Crippen LogP contribution in [0.15, 0.2) is 23.0 Å². The number of fused-ring (bicyclic) bond motifs is 5. The van der Waals surface area contributed by atoms with Gasteiger partial charge in [0.15, 0.2) is 0 Å². The minimum atomic E-state index is -5.15. The Morgan fingerprint density at radius 3 is 2.43 bits per heavy atom. The molecule has 1 aromatic carbocycles. The summed E-state index contributed by atoms with van der Waals surface area (Å²) in [5.74, 6) is -2.98. The molecule has 1 N–H and O–H groups in total. The summed E-state index contributed by atoms with van der Waals surface area (Å²) in [5, 5.41) is 19.4. The Balaban J connectivity index is 1.84. The van der Waals surface area contributed by atoms with E-state index in [9.17, 15) is 41.0 Å². The summed E-state index contributed by atoms with van der Waals surface area (Å²) < 4.78 is 79.6. The molecule has 1 amide bonds. The van der Waals surface area contributed by atoms with Crippen molar-refractivity contribution in [3.05, 3.63) is 45.5 Å². The fourth-order valence-corrected chi connectivity index (χ4v) is 4.07. The maximum atomic E-state index is 13.2. The molecule has 0 aliphatic carbocycles. The van der Waals surface area contributed by atoms with Gasteiger partial charge in [0.1, 0.15) is 5.69 Å². The second kappa shape index (κ2) is 6.04. The monoisotopic (exact) mass is 432 g/mol. The van der Waals surface area contributed by atoms with Gasteiger partial charge in [0.05, 0.1) is 35.0 Å². The third-order valence-electron chi connectivity index (χ3n) is 5.25. The molecule has 1 saturated heterocycles. The van der Waals surface area contributed by atoms with Crippen molar-refractivity contribution in [2.24, 2.45) is 0 Å². The number of rotatable bonds is 1. The van der Waals surface area contributed by atoms with E-state index in [1.165, 1.54) is 6.07 Å². The molecule has 7 nitrogen and oxygen atoms in total. The molecule has 30 heavy (non-hydrogen) atoms. The van der Waals surface area contributed by atoms with Crippen LogP contribution in [0.2, 0.25) is 0 Å². The first-order valence-corrected chi connectivity index (χ1v) is 8.42.